The zero-order valence-corrected chi connectivity index (χ0v) is 10.7. The number of pyridine rings is 1. The van der Waals surface area contributed by atoms with Crippen LogP contribution < -0.4 is 0 Å². The number of hydrogen-bond donors (Lipinski definition) is 0. The van der Waals surface area contributed by atoms with Gasteiger partial charge in [0.25, 0.3) is 5.91 Å². The monoisotopic (exact) mass is 266 g/mol. The van der Waals surface area contributed by atoms with Gasteiger partial charge in [-0.15, -0.1) is 11.3 Å². The maximum Gasteiger partial charge on any atom is 0.264 e. The Morgan fingerprint density at radius 1 is 1.41 bits per heavy atom. The molecule has 0 saturated carbocycles. The van der Waals surface area contributed by atoms with Crippen LogP contribution in [0.15, 0.2) is 18.3 Å². The third-order valence-corrected chi connectivity index (χ3v) is 4.54. The number of halogens is 1. The van der Waals surface area contributed by atoms with Crippen LogP contribution >= 0.6 is 22.9 Å². The van der Waals surface area contributed by atoms with Gasteiger partial charge in [-0.3, -0.25) is 9.78 Å². The van der Waals surface area contributed by atoms with Gasteiger partial charge in [-0.1, -0.05) is 11.6 Å². The summed E-state index contributed by atoms with van der Waals surface area (Å²) in [6.07, 6.45) is 3.88. The highest BCUT2D eigenvalue weighted by Gasteiger charge is 2.21. The molecule has 2 aromatic rings. The highest BCUT2D eigenvalue weighted by Crippen LogP contribution is 2.31. The van der Waals surface area contributed by atoms with Gasteiger partial charge >= 0.3 is 0 Å². The van der Waals surface area contributed by atoms with E-state index in [-0.39, 0.29) is 5.91 Å². The molecule has 1 amide bonds. The van der Waals surface area contributed by atoms with E-state index in [2.05, 4.69) is 4.98 Å². The minimum absolute atomic E-state index is 0.113. The van der Waals surface area contributed by atoms with Crippen LogP contribution in [0.3, 0.4) is 0 Å². The molecule has 0 N–H and O–H groups in total. The lowest BCUT2D eigenvalue weighted by Gasteiger charge is -2.13. The number of nitrogens with zero attached hydrogens (tertiary/aromatic N) is 2. The summed E-state index contributed by atoms with van der Waals surface area (Å²) in [5.74, 6) is 0.113. The van der Waals surface area contributed by atoms with E-state index in [4.69, 9.17) is 11.6 Å². The Morgan fingerprint density at radius 3 is 2.88 bits per heavy atom. The summed E-state index contributed by atoms with van der Waals surface area (Å²) in [6.45, 7) is 1.74. The number of carbonyl (C=O) groups excluding carboxylic acids is 1. The van der Waals surface area contributed by atoms with Crippen LogP contribution in [0.25, 0.3) is 10.2 Å². The second kappa shape index (κ2) is 4.27. The first-order valence-corrected chi connectivity index (χ1v) is 6.78. The van der Waals surface area contributed by atoms with Gasteiger partial charge in [-0.05, 0) is 25.0 Å². The molecule has 2 aromatic heterocycles. The second-order valence-electron chi connectivity index (χ2n) is 4.12. The number of fused-ring (bicyclic) bond motifs is 1. The highest BCUT2D eigenvalue weighted by atomic mass is 35.5. The van der Waals surface area contributed by atoms with E-state index < -0.39 is 0 Å². The fourth-order valence-corrected chi connectivity index (χ4v) is 3.35. The number of carbonyl (C=O) groups is 1. The lowest BCUT2D eigenvalue weighted by molar-refractivity contribution is 0.0797. The van der Waals surface area contributed by atoms with Gasteiger partial charge in [-0.25, -0.2) is 0 Å². The minimum atomic E-state index is 0.113. The molecule has 88 valence electrons. The molecule has 1 saturated heterocycles. The maximum absolute atomic E-state index is 12.2. The first-order valence-electron chi connectivity index (χ1n) is 5.59. The van der Waals surface area contributed by atoms with Crippen molar-refractivity contribution in [2.45, 2.75) is 12.8 Å². The molecule has 0 spiro atoms. The molecule has 0 atom stereocenters. The Balaban J connectivity index is 2.00. The molecule has 0 unspecified atom stereocenters. The Kier molecular flexibility index (Phi) is 2.76. The smallest absolute Gasteiger partial charge is 0.264 e. The van der Waals surface area contributed by atoms with Gasteiger partial charge in [0.2, 0.25) is 0 Å². The third kappa shape index (κ3) is 1.91. The topological polar surface area (TPSA) is 33.2 Å². The Morgan fingerprint density at radius 2 is 2.18 bits per heavy atom. The van der Waals surface area contributed by atoms with E-state index in [1.54, 1.807) is 12.3 Å². The Hall–Kier alpha value is -1.13. The van der Waals surface area contributed by atoms with Gasteiger partial charge in [0.05, 0.1) is 20.1 Å². The minimum Gasteiger partial charge on any atom is -0.338 e. The number of aromatic nitrogens is 1. The maximum atomic E-state index is 12.2. The van der Waals surface area contributed by atoms with E-state index in [0.717, 1.165) is 41.0 Å². The number of hydrogen-bond acceptors (Lipinski definition) is 3. The standard InChI is InChI=1S/C12H11ClN2OS/c13-8-3-4-14-9-7-10(17-11(8)9)12(16)15-5-1-2-6-15/h3-4,7H,1-2,5-6H2. The average Bonchev–Trinajstić information content (AvgIpc) is 2.98. The number of likely N-dealkylation sites (tertiary alicyclic amines) is 1. The van der Waals surface area contributed by atoms with Crippen molar-refractivity contribution < 1.29 is 4.79 Å². The molecule has 5 heteroatoms. The number of rotatable bonds is 1. The van der Waals surface area contributed by atoms with E-state index in [0.29, 0.717) is 5.02 Å². The molecule has 3 nitrogen and oxygen atoms in total. The van der Waals surface area contributed by atoms with Crippen LogP contribution in [0.4, 0.5) is 0 Å². The lowest BCUT2D eigenvalue weighted by atomic mass is 10.3. The van der Waals surface area contributed by atoms with Crippen molar-refractivity contribution in [2.24, 2.45) is 0 Å². The summed E-state index contributed by atoms with van der Waals surface area (Å²) in [7, 11) is 0. The van der Waals surface area contributed by atoms with Crippen LogP contribution in [0.5, 0.6) is 0 Å². The predicted molar refractivity (Wildman–Crippen MR) is 69.8 cm³/mol. The summed E-state index contributed by atoms with van der Waals surface area (Å²) in [5.41, 5.74) is 0.810. The van der Waals surface area contributed by atoms with Crippen molar-refractivity contribution in [1.82, 2.24) is 9.88 Å². The van der Waals surface area contributed by atoms with Gasteiger partial charge < -0.3 is 4.90 Å². The fraction of sp³-hybridized carbons (Fsp3) is 0.333. The SMILES string of the molecule is O=C(c1cc2nccc(Cl)c2s1)N1CCCC1. The molecule has 1 aliphatic rings. The van der Waals surface area contributed by atoms with Crippen molar-refractivity contribution in [2.75, 3.05) is 13.1 Å². The molecule has 1 aliphatic heterocycles. The zero-order valence-electron chi connectivity index (χ0n) is 9.15. The van der Waals surface area contributed by atoms with Gasteiger partial charge in [0.15, 0.2) is 0 Å². The van der Waals surface area contributed by atoms with E-state index in [9.17, 15) is 4.79 Å². The normalized spacial score (nSPS) is 15.7. The molecular formula is C12H11ClN2OS. The summed E-state index contributed by atoms with van der Waals surface area (Å²) >= 11 is 7.51. The summed E-state index contributed by atoms with van der Waals surface area (Å²) in [4.78, 5) is 19.1. The number of thiophene rings is 1. The molecule has 0 bridgehead atoms. The van der Waals surface area contributed by atoms with Crippen LogP contribution in [0.2, 0.25) is 5.02 Å². The van der Waals surface area contributed by atoms with Crippen LogP contribution in [-0.4, -0.2) is 28.9 Å². The summed E-state index contributed by atoms with van der Waals surface area (Å²) in [6, 6.07) is 3.59. The lowest BCUT2D eigenvalue weighted by Crippen LogP contribution is -2.26. The predicted octanol–water partition coefficient (Wildman–Crippen LogP) is 3.19. The van der Waals surface area contributed by atoms with Crippen molar-refractivity contribution in [3.8, 4) is 0 Å². The van der Waals surface area contributed by atoms with Crippen molar-refractivity contribution in [3.63, 3.8) is 0 Å². The van der Waals surface area contributed by atoms with Gasteiger partial charge in [-0.2, -0.15) is 0 Å². The van der Waals surface area contributed by atoms with E-state index >= 15 is 0 Å². The molecule has 1 fully saturated rings. The van der Waals surface area contributed by atoms with Gasteiger partial charge in [0.1, 0.15) is 0 Å². The molecule has 0 aromatic carbocycles. The second-order valence-corrected chi connectivity index (χ2v) is 5.58. The molecular weight excluding hydrogens is 256 g/mol. The Bertz CT molecular complexity index is 575. The molecule has 3 rings (SSSR count). The summed E-state index contributed by atoms with van der Waals surface area (Å²) in [5, 5.41) is 0.667. The van der Waals surface area contributed by atoms with Crippen molar-refractivity contribution in [1.29, 1.82) is 0 Å². The van der Waals surface area contributed by atoms with Crippen molar-refractivity contribution in [3.05, 3.63) is 28.2 Å². The molecule has 0 aliphatic carbocycles. The zero-order chi connectivity index (χ0) is 11.8. The van der Waals surface area contributed by atoms with E-state index in [1.165, 1.54) is 11.3 Å². The Labute approximate surface area is 108 Å². The van der Waals surface area contributed by atoms with Crippen LogP contribution in [0, 0.1) is 0 Å². The quantitative estimate of drug-likeness (QED) is 0.794. The van der Waals surface area contributed by atoms with Gasteiger partial charge in [0, 0.05) is 19.3 Å². The molecule has 3 heterocycles. The summed E-state index contributed by atoms with van der Waals surface area (Å²) < 4.78 is 0.900. The third-order valence-electron chi connectivity index (χ3n) is 2.97. The molecule has 0 radical (unpaired) electrons. The highest BCUT2D eigenvalue weighted by molar-refractivity contribution is 7.21. The fourth-order valence-electron chi connectivity index (χ4n) is 2.09. The molecule has 17 heavy (non-hydrogen) atoms. The van der Waals surface area contributed by atoms with E-state index in [1.807, 2.05) is 11.0 Å². The number of amides is 1. The first kappa shape index (κ1) is 11.0. The average molecular weight is 267 g/mol. The van der Waals surface area contributed by atoms with Crippen LogP contribution in [-0.2, 0) is 0 Å². The first-order chi connectivity index (χ1) is 8.25. The van der Waals surface area contributed by atoms with Crippen LogP contribution in [0.1, 0.15) is 22.5 Å². The largest absolute Gasteiger partial charge is 0.338 e. The van der Waals surface area contributed by atoms with Crippen molar-refractivity contribution >= 4 is 39.1 Å².